The molecule has 24 heavy (non-hydrogen) atoms. The zero-order chi connectivity index (χ0) is 17.9. The summed E-state index contributed by atoms with van der Waals surface area (Å²) in [5.74, 6) is 0.318. The van der Waals surface area contributed by atoms with Gasteiger partial charge in [0.2, 0.25) is 5.91 Å². The van der Waals surface area contributed by atoms with Gasteiger partial charge in [-0.1, -0.05) is 26.0 Å². The molecule has 5 nitrogen and oxygen atoms in total. The van der Waals surface area contributed by atoms with E-state index in [2.05, 4.69) is 13.8 Å². The van der Waals surface area contributed by atoms with Crippen LogP contribution in [-0.2, 0) is 14.6 Å². The van der Waals surface area contributed by atoms with Crippen molar-refractivity contribution in [1.82, 2.24) is 4.90 Å². The number of piperidine rings is 1. The molecular formula is C18H28N2O3S. The lowest BCUT2D eigenvalue weighted by molar-refractivity contribution is -0.133. The van der Waals surface area contributed by atoms with Gasteiger partial charge >= 0.3 is 0 Å². The van der Waals surface area contributed by atoms with Gasteiger partial charge in [-0.3, -0.25) is 4.79 Å². The second-order valence-corrected chi connectivity index (χ2v) is 8.96. The van der Waals surface area contributed by atoms with Crippen LogP contribution in [0.4, 0.5) is 0 Å². The van der Waals surface area contributed by atoms with E-state index in [9.17, 15) is 13.2 Å². The number of carbonyl (C=O) groups is 1. The van der Waals surface area contributed by atoms with Crippen LogP contribution in [0.3, 0.4) is 0 Å². The molecule has 0 aliphatic carbocycles. The third-order valence-electron chi connectivity index (χ3n) is 4.97. The first kappa shape index (κ1) is 18.9. The minimum atomic E-state index is -3.35. The van der Waals surface area contributed by atoms with Crippen LogP contribution in [0.15, 0.2) is 29.2 Å². The Bertz CT molecular complexity index is 660. The molecule has 6 heteroatoms. The van der Waals surface area contributed by atoms with Crippen LogP contribution in [0.2, 0.25) is 0 Å². The monoisotopic (exact) mass is 352 g/mol. The Morgan fingerprint density at radius 2 is 1.75 bits per heavy atom. The van der Waals surface area contributed by atoms with E-state index in [0.29, 0.717) is 36.7 Å². The summed E-state index contributed by atoms with van der Waals surface area (Å²) in [6.45, 7) is 6.82. The van der Waals surface area contributed by atoms with E-state index in [1.807, 2.05) is 12.1 Å². The summed E-state index contributed by atoms with van der Waals surface area (Å²) in [5, 5.41) is -0.427. The number of rotatable bonds is 5. The Labute approximate surface area is 145 Å². The van der Waals surface area contributed by atoms with E-state index in [1.165, 1.54) is 0 Å². The Kier molecular flexibility index (Phi) is 6.04. The van der Waals surface area contributed by atoms with Gasteiger partial charge in [0.15, 0.2) is 9.84 Å². The van der Waals surface area contributed by atoms with Gasteiger partial charge in [-0.15, -0.1) is 0 Å². The molecular weight excluding hydrogens is 324 g/mol. The molecule has 1 aromatic rings. The Morgan fingerprint density at radius 3 is 2.21 bits per heavy atom. The van der Waals surface area contributed by atoms with Crippen molar-refractivity contribution < 1.29 is 13.2 Å². The smallest absolute Gasteiger partial charge is 0.239 e. The Hall–Kier alpha value is -1.40. The second-order valence-electron chi connectivity index (χ2n) is 6.74. The molecule has 1 unspecified atom stereocenters. The van der Waals surface area contributed by atoms with Gasteiger partial charge in [0, 0.05) is 13.1 Å². The number of amides is 1. The van der Waals surface area contributed by atoms with Gasteiger partial charge in [0.1, 0.15) is 0 Å². The van der Waals surface area contributed by atoms with Crippen molar-refractivity contribution in [3.8, 4) is 0 Å². The summed E-state index contributed by atoms with van der Waals surface area (Å²) < 4.78 is 25.6. The van der Waals surface area contributed by atoms with Crippen molar-refractivity contribution in [2.24, 2.45) is 5.73 Å². The highest BCUT2D eigenvalue weighted by Gasteiger charge is 2.33. The number of nitrogens with two attached hydrogens (primary N) is 1. The first-order valence-corrected chi connectivity index (χ1v) is 10.2. The van der Waals surface area contributed by atoms with Crippen molar-refractivity contribution in [2.75, 3.05) is 13.1 Å². The molecule has 2 N–H and O–H groups in total. The third kappa shape index (κ3) is 3.98. The number of sulfone groups is 1. The maximum absolute atomic E-state index is 12.8. The number of hydrogen-bond acceptors (Lipinski definition) is 4. The van der Waals surface area contributed by atoms with Crippen molar-refractivity contribution in [1.29, 1.82) is 0 Å². The van der Waals surface area contributed by atoms with Crippen LogP contribution in [0, 0.1) is 0 Å². The second kappa shape index (κ2) is 7.66. The average Bonchev–Trinajstić information content (AvgIpc) is 2.60. The zero-order valence-corrected chi connectivity index (χ0v) is 15.6. The van der Waals surface area contributed by atoms with Crippen molar-refractivity contribution in [3.63, 3.8) is 0 Å². The first-order chi connectivity index (χ1) is 11.3. The van der Waals surface area contributed by atoms with Crippen LogP contribution in [-0.4, -0.2) is 43.6 Å². The molecule has 1 saturated heterocycles. The molecule has 1 amide bonds. The number of nitrogens with zero attached hydrogens (tertiary/aromatic N) is 1. The van der Waals surface area contributed by atoms with E-state index in [-0.39, 0.29) is 5.91 Å². The summed E-state index contributed by atoms with van der Waals surface area (Å²) >= 11 is 0. The highest BCUT2D eigenvalue weighted by molar-refractivity contribution is 7.92. The number of benzene rings is 1. The van der Waals surface area contributed by atoms with Gasteiger partial charge < -0.3 is 10.6 Å². The highest BCUT2D eigenvalue weighted by atomic mass is 32.2. The Balaban J connectivity index is 2.08. The lowest BCUT2D eigenvalue weighted by atomic mass is 9.99. The molecule has 0 radical (unpaired) electrons. The van der Waals surface area contributed by atoms with Gasteiger partial charge in [-0.05, 0) is 49.8 Å². The fourth-order valence-electron chi connectivity index (χ4n) is 3.09. The molecule has 0 saturated carbocycles. The van der Waals surface area contributed by atoms with Crippen LogP contribution < -0.4 is 5.73 Å². The molecule has 1 heterocycles. The standard InChI is InChI=1S/C18H28N2O3S/c1-4-13(2)15-5-7-16(8-6-15)24(22,23)17-9-11-20(12-10-17)18(21)14(3)19/h5-8,13-14,17H,4,9-12,19H2,1-3H3/t13?,14-/m0/s1. The van der Waals surface area contributed by atoms with Crippen LogP contribution >= 0.6 is 0 Å². The fourth-order valence-corrected chi connectivity index (χ4v) is 4.82. The maximum Gasteiger partial charge on any atom is 0.239 e. The SMILES string of the molecule is CCC(C)c1ccc(S(=O)(=O)C2CCN(C(=O)[C@H](C)N)CC2)cc1. The largest absolute Gasteiger partial charge is 0.341 e. The first-order valence-electron chi connectivity index (χ1n) is 8.65. The summed E-state index contributed by atoms with van der Waals surface area (Å²) in [5.41, 5.74) is 6.78. The Morgan fingerprint density at radius 1 is 1.21 bits per heavy atom. The van der Waals surface area contributed by atoms with Crippen LogP contribution in [0.25, 0.3) is 0 Å². The summed E-state index contributed by atoms with van der Waals surface area (Å²) in [6, 6.07) is 6.73. The molecule has 1 fully saturated rings. The number of carbonyl (C=O) groups excluding carboxylic acids is 1. The minimum Gasteiger partial charge on any atom is -0.341 e. The van der Waals surface area contributed by atoms with Gasteiger partial charge in [-0.25, -0.2) is 8.42 Å². The molecule has 1 aliphatic heterocycles. The van der Waals surface area contributed by atoms with Gasteiger partial charge in [-0.2, -0.15) is 0 Å². The average molecular weight is 353 g/mol. The van der Waals surface area contributed by atoms with E-state index >= 15 is 0 Å². The van der Waals surface area contributed by atoms with E-state index in [4.69, 9.17) is 5.73 Å². The summed E-state index contributed by atoms with van der Waals surface area (Å²) in [7, 11) is -3.35. The predicted octanol–water partition coefficient (Wildman–Crippen LogP) is 2.31. The van der Waals surface area contributed by atoms with E-state index in [0.717, 1.165) is 12.0 Å². The maximum atomic E-state index is 12.8. The van der Waals surface area contributed by atoms with Crippen molar-refractivity contribution >= 4 is 15.7 Å². The molecule has 2 rings (SSSR count). The third-order valence-corrected chi connectivity index (χ3v) is 7.25. The molecule has 0 spiro atoms. The van der Waals surface area contributed by atoms with Crippen LogP contribution in [0.5, 0.6) is 0 Å². The molecule has 0 bridgehead atoms. The lowest BCUT2D eigenvalue weighted by Crippen LogP contribution is -2.48. The molecule has 1 aliphatic rings. The summed E-state index contributed by atoms with van der Waals surface area (Å²) in [6.07, 6.45) is 1.96. The molecule has 2 atom stereocenters. The molecule has 1 aromatic carbocycles. The number of likely N-dealkylation sites (tertiary alicyclic amines) is 1. The highest BCUT2D eigenvalue weighted by Crippen LogP contribution is 2.27. The lowest BCUT2D eigenvalue weighted by Gasteiger charge is -2.32. The predicted molar refractivity (Wildman–Crippen MR) is 95.6 cm³/mol. The summed E-state index contributed by atoms with van der Waals surface area (Å²) in [4.78, 5) is 14.0. The van der Waals surface area contributed by atoms with E-state index < -0.39 is 21.1 Å². The van der Waals surface area contributed by atoms with Crippen LogP contribution in [0.1, 0.15) is 51.5 Å². The normalized spacial score (nSPS) is 19.1. The fraction of sp³-hybridized carbons (Fsp3) is 0.611. The van der Waals surface area contributed by atoms with E-state index in [1.54, 1.807) is 24.0 Å². The van der Waals surface area contributed by atoms with Crippen molar-refractivity contribution in [3.05, 3.63) is 29.8 Å². The quantitative estimate of drug-likeness (QED) is 0.882. The van der Waals surface area contributed by atoms with Crippen molar-refractivity contribution in [2.45, 2.75) is 62.1 Å². The van der Waals surface area contributed by atoms with Gasteiger partial charge in [0.25, 0.3) is 0 Å². The minimum absolute atomic E-state index is 0.108. The zero-order valence-electron chi connectivity index (χ0n) is 14.7. The van der Waals surface area contributed by atoms with Gasteiger partial charge in [0.05, 0.1) is 16.2 Å². The molecule has 134 valence electrons. The topological polar surface area (TPSA) is 80.5 Å². The molecule has 0 aromatic heterocycles. The number of hydrogen-bond donors (Lipinski definition) is 1.